The highest BCUT2D eigenvalue weighted by molar-refractivity contribution is 5.16. The lowest BCUT2D eigenvalue weighted by Gasteiger charge is -2.38. The number of hydrogen-bond donors (Lipinski definition) is 1. The molecule has 2 nitrogen and oxygen atoms in total. The van der Waals surface area contributed by atoms with Gasteiger partial charge < -0.3 is 5.73 Å². The Hall–Kier alpha value is -0.930. The van der Waals surface area contributed by atoms with E-state index in [0.717, 1.165) is 31.6 Å². The maximum absolute atomic E-state index is 13.2. The van der Waals surface area contributed by atoms with E-state index in [9.17, 15) is 4.39 Å². The van der Waals surface area contributed by atoms with Crippen molar-refractivity contribution >= 4 is 0 Å². The fraction of sp³-hybridized carbons (Fsp3) is 0.600. The molecule has 1 aliphatic rings. The second kappa shape index (κ2) is 5.81. The van der Waals surface area contributed by atoms with Crippen LogP contribution in [0.4, 0.5) is 4.39 Å². The van der Waals surface area contributed by atoms with Gasteiger partial charge in [0.25, 0.3) is 0 Å². The van der Waals surface area contributed by atoms with Crippen molar-refractivity contribution in [3.05, 3.63) is 35.6 Å². The first-order valence-electron chi connectivity index (χ1n) is 6.77. The zero-order chi connectivity index (χ0) is 13.1. The Balaban J connectivity index is 2.00. The minimum atomic E-state index is -0.158. The van der Waals surface area contributed by atoms with Crippen LogP contribution in [-0.4, -0.2) is 24.0 Å². The van der Waals surface area contributed by atoms with E-state index in [-0.39, 0.29) is 11.9 Å². The molecule has 18 heavy (non-hydrogen) atoms. The summed E-state index contributed by atoms with van der Waals surface area (Å²) in [5.41, 5.74) is 7.16. The van der Waals surface area contributed by atoms with Gasteiger partial charge in [-0.2, -0.15) is 0 Å². The maximum Gasteiger partial charge on any atom is 0.123 e. The monoisotopic (exact) mass is 250 g/mol. The number of nitrogens with two attached hydrogens (primary N) is 1. The zero-order valence-electron chi connectivity index (χ0n) is 11.3. The first kappa shape index (κ1) is 13.5. The minimum absolute atomic E-state index is 0.158. The minimum Gasteiger partial charge on any atom is -0.327 e. The highest BCUT2D eigenvalue weighted by Crippen LogP contribution is 2.24. The van der Waals surface area contributed by atoms with Crippen LogP contribution in [0.15, 0.2) is 24.3 Å². The lowest BCUT2D eigenvalue weighted by molar-refractivity contribution is 0.123. The Bertz CT molecular complexity index is 392. The molecule has 1 heterocycles. The van der Waals surface area contributed by atoms with Crippen molar-refractivity contribution in [1.29, 1.82) is 0 Å². The SMILES string of the molecule is CC(C)C1CC(N)CN(Cc2cccc(F)c2)C1. The topological polar surface area (TPSA) is 29.3 Å². The molecule has 1 aromatic carbocycles. The van der Waals surface area contributed by atoms with Gasteiger partial charge in [0.1, 0.15) is 5.82 Å². The predicted molar refractivity (Wildman–Crippen MR) is 72.6 cm³/mol. The summed E-state index contributed by atoms with van der Waals surface area (Å²) in [6.45, 7) is 7.29. The number of hydrogen-bond acceptors (Lipinski definition) is 2. The summed E-state index contributed by atoms with van der Waals surface area (Å²) in [5, 5.41) is 0. The van der Waals surface area contributed by atoms with Crippen LogP contribution < -0.4 is 5.73 Å². The Labute approximate surface area is 109 Å². The van der Waals surface area contributed by atoms with Crippen LogP contribution in [0.2, 0.25) is 0 Å². The molecule has 2 N–H and O–H groups in total. The quantitative estimate of drug-likeness (QED) is 0.893. The van der Waals surface area contributed by atoms with Gasteiger partial charge in [-0.25, -0.2) is 4.39 Å². The molecule has 0 amide bonds. The van der Waals surface area contributed by atoms with Crippen LogP contribution in [0, 0.1) is 17.7 Å². The smallest absolute Gasteiger partial charge is 0.123 e. The summed E-state index contributed by atoms with van der Waals surface area (Å²) >= 11 is 0. The van der Waals surface area contributed by atoms with Gasteiger partial charge in [-0.3, -0.25) is 4.90 Å². The fourth-order valence-electron chi connectivity index (χ4n) is 2.78. The molecule has 0 bridgehead atoms. The number of benzene rings is 1. The van der Waals surface area contributed by atoms with Crippen LogP contribution >= 0.6 is 0 Å². The predicted octanol–water partition coefficient (Wildman–Crippen LogP) is 2.63. The molecule has 2 rings (SSSR count). The molecule has 1 fully saturated rings. The van der Waals surface area contributed by atoms with Crippen molar-refractivity contribution in [3.63, 3.8) is 0 Å². The summed E-state index contributed by atoms with van der Waals surface area (Å²) in [7, 11) is 0. The van der Waals surface area contributed by atoms with Gasteiger partial charge in [0, 0.05) is 25.7 Å². The number of halogens is 1. The Morgan fingerprint density at radius 2 is 2.17 bits per heavy atom. The summed E-state index contributed by atoms with van der Waals surface area (Å²) < 4.78 is 13.2. The molecule has 0 aliphatic carbocycles. The van der Waals surface area contributed by atoms with Crippen LogP contribution in [0.3, 0.4) is 0 Å². The molecule has 2 atom stereocenters. The van der Waals surface area contributed by atoms with Gasteiger partial charge in [0.05, 0.1) is 0 Å². The average Bonchev–Trinajstić information content (AvgIpc) is 2.28. The van der Waals surface area contributed by atoms with Crippen LogP contribution in [0.1, 0.15) is 25.8 Å². The van der Waals surface area contributed by atoms with Crippen molar-refractivity contribution in [2.75, 3.05) is 13.1 Å². The fourth-order valence-corrected chi connectivity index (χ4v) is 2.78. The van der Waals surface area contributed by atoms with E-state index in [1.165, 1.54) is 6.07 Å². The normalized spacial score (nSPS) is 25.6. The zero-order valence-corrected chi connectivity index (χ0v) is 11.3. The van der Waals surface area contributed by atoms with E-state index in [4.69, 9.17) is 5.73 Å². The molecular weight excluding hydrogens is 227 g/mol. The van der Waals surface area contributed by atoms with Gasteiger partial charge in [-0.1, -0.05) is 26.0 Å². The summed E-state index contributed by atoms with van der Waals surface area (Å²) in [4.78, 5) is 2.35. The Morgan fingerprint density at radius 3 is 2.83 bits per heavy atom. The molecule has 3 heteroatoms. The van der Waals surface area contributed by atoms with Gasteiger partial charge in [0.2, 0.25) is 0 Å². The molecule has 2 unspecified atom stereocenters. The summed E-state index contributed by atoms with van der Waals surface area (Å²) in [6.07, 6.45) is 1.11. The second-order valence-electron chi connectivity index (χ2n) is 5.82. The van der Waals surface area contributed by atoms with Crippen molar-refractivity contribution in [2.24, 2.45) is 17.6 Å². The lowest BCUT2D eigenvalue weighted by atomic mass is 9.85. The van der Waals surface area contributed by atoms with E-state index < -0.39 is 0 Å². The Kier molecular flexibility index (Phi) is 4.36. The molecule has 0 saturated carbocycles. The number of likely N-dealkylation sites (tertiary alicyclic amines) is 1. The van der Waals surface area contributed by atoms with Gasteiger partial charge >= 0.3 is 0 Å². The molecule has 1 saturated heterocycles. The Morgan fingerprint density at radius 1 is 1.39 bits per heavy atom. The van der Waals surface area contributed by atoms with Gasteiger partial charge in [-0.15, -0.1) is 0 Å². The molecule has 0 radical (unpaired) electrons. The molecule has 1 aliphatic heterocycles. The number of nitrogens with zero attached hydrogens (tertiary/aromatic N) is 1. The first-order chi connectivity index (χ1) is 8.54. The van der Waals surface area contributed by atoms with Gasteiger partial charge in [-0.05, 0) is 36.0 Å². The standard InChI is InChI=1S/C15H23FN2/c1-11(2)13-7-15(17)10-18(9-13)8-12-4-3-5-14(16)6-12/h3-6,11,13,15H,7-10,17H2,1-2H3. The summed E-state index contributed by atoms with van der Waals surface area (Å²) in [6, 6.07) is 7.11. The molecular formula is C15H23FN2. The molecule has 0 aromatic heterocycles. The van der Waals surface area contributed by atoms with E-state index in [0.29, 0.717) is 11.8 Å². The van der Waals surface area contributed by atoms with E-state index >= 15 is 0 Å². The van der Waals surface area contributed by atoms with E-state index in [1.54, 1.807) is 12.1 Å². The largest absolute Gasteiger partial charge is 0.327 e. The van der Waals surface area contributed by atoms with Gasteiger partial charge in [0.15, 0.2) is 0 Å². The highest BCUT2D eigenvalue weighted by atomic mass is 19.1. The maximum atomic E-state index is 13.2. The first-order valence-corrected chi connectivity index (χ1v) is 6.77. The number of rotatable bonds is 3. The second-order valence-corrected chi connectivity index (χ2v) is 5.82. The average molecular weight is 250 g/mol. The third-order valence-corrected chi connectivity index (χ3v) is 3.83. The summed E-state index contributed by atoms with van der Waals surface area (Å²) in [5.74, 6) is 1.16. The van der Waals surface area contributed by atoms with E-state index in [1.807, 2.05) is 6.07 Å². The highest BCUT2D eigenvalue weighted by Gasteiger charge is 2.26. The van der Waals surface area contributed by atoms with Crippen LogP contribution in [0.25, 0.3) is 0 Å². The van der Waals surface area contributed by atoms with Crippen molar-refractivity contribution in [1.82, 2.24) is 4.90 Å². The van der Waals surface area contributed by atoms with Crippen molar-refractivity contribution < 1.29 is 4.39 Å². The molecule has 0 spiro atoms. The van der Waals surface area contributed by atoms with Crippen molar-refractivity contribution in [2.45, 2.75) is 32.9 Å². The van der Waals surface area contributed by atoms with E-state index in [2.05, 4.69) is 18.7 Å². The third-order valence-electron chi connectivity index (χ3n) is 3.83. The molecule has 100 valence electrons. The van der Waals surface area contributed by atoms with Crippen LogP contribution in [-0.2, 0) is 6.54 Å². The number of piperidine rings is 1. The lowest BCUT2D eigenvalue weighted by Crippen LogP contribution is -2.47. The van der Waals surface area contributed by atoms with Crippen LogP contribution in [0.5, 0.6) is 0 Å². The van der Waals surface area contributed by atoms with Crippen molar-refractivity contribution in [3.8, 4) is 0 Å². The molecule has 1 aromatic rings. The third kappa shape index (κ3) is 3.53.